The Morgan fingerprint density at radius 1 is 0.784 bits per heavy atom. The Bertz CT molecular complexity index is 1050. The van der Waals surface area contributed by atoms with E-state index in [-0.39, 0.29) is 11.9 Å². The average Bonchev–Trinajstić information content (AvgIpc) is 2.93. The smallest absolute Gasteiger partial charge is 0.220 e. The molecule has 1 amide bonds. The van der Waals surface area contributed by atoms with Crippen molar-refractivity contribution >= 4 is 12.0 Å². The summed E-state index contributed by atoms with van der Waals surface area (Å²) in [6, 6.07) is 27.5. The fraction of sp³-hybridized carbons (Fsp3) is 0.400. The van der Waals surface area contributed by atoms with Gasteiger partial charge >= 0.3 is 0 Å². The highest BCUT2D eigenvalue weighted by Crippen LogP contribution is 2.19. The number of benzene rings is 3. The van der Waals surface area contributed by atoms with Crippen LogP contribution in [0, 0.1) is 6.92 Å². The first-order valence-corrected chi connectivity index (χ1v) is 14.3. The third kappa shape index (κ3) is 11.2. The van der Waals surface area contributed by atoms with Gasteiger partial charge in [-0.1, -0.05) is 142 Å². The van der Waals surface area contributed by atoms with Crippen LogP contribution in [0.4, 0.5) is 0 Å². The molecule has 1 N–H and O–H groups in total. The number of hydrogen-bond acceptors (Lipinski definition) is 1. The zero-order valence-corrected chi connectivity index (χ0v) is 22.9. The molecule has 0 heterocycles. The Labute approximate surface area is 225 Å². The number of hydrogen-bond donors (Lipinski definition) is 1. The molecule has 0 bridgehead atoms. The summed E-state index contributed by atoms with van der Waals surface area (Å²) < 4.78 is 0. The Morgan fingerprint density at radius 2 is 1.43 bits per heavy atom. The largest absolute Gasteiger partial charge is 0.349 e. The van der Waals surface area contributed by atoms with Crippen LogP contribution in [-0.2, 0) is 17.6 Å². The Morgan fingerprint density at radius 3 is 2.14 bits per heavy atom. The van der Waals surface area contributed by atoms with Crippen LogP contribution in [0.15, 0.2) is 84.9 Å². The number of carbonyl (C=O) groups is 1. The SMILES string of the molecule is CCCCCCCCCC=Cc1ccc(CCC(=O)NC(Cc2ccc(C)cc2)c2ccccc2)cc1. The minimum atomic E-state index is -0.0275. The molecule has 2 nitrogen and oxygen atoms in total. The lowest BCUT2D eigenvalue weighted by Crippen LogP contribution is -2.30. The van der Waals surface area contributed by atoms with E-state index in [4.69, 9.17) is 0 Å². The van der Waals surface area contributed by atoms with E-state index in [0.717, 1.165) is 24.8 Å². The van der Waals surface area contributed by atoms with Crippen LogP contribution in [0.5, 0.6) is 0 Å². The second kappa shape index (κ2) is 16.6. The summed E-state index contributed by atoms with van der Waals surface area (Å²) >= 11 is 0. The summed E-state index contributed by atoms with van der Waals surface area (Å²) in [6.07, 6.45) is 17.2. The van der Waals surface area contributed by atoms with E-state index < -0.39 is 0 Å². The minimum Gasteiger partial charge on any atom is -0.349 e. The molecule has 1 unspecified atom stereocenters. The van der Waals surface area contributed by atoms with Crippen molar-refractivity contribution in [1.82, 2.24) is 5.32 Å². The van der Waals surface area contributed by atoms with Gasteiger partial charge in [-0.25, -0.2) is 0 Å². The first kappa shape index (κ1) is 28.4. The Hall–Kier alpha value is -3.13. The van der Waals surface area contributed by atoms with Crippen molar-refractivity contribution in [3.05, 3.63) is 113 Å². The minimum absolute atomic E-state index is 0.0275. The van der Waals surface area contributed by atoms with Crippen LogP contribution in [0.3, 0.4) is 0 Å². The van der Waals surface area contributed by atoms with Crippen LogP contribution in [0.1, 0.15) is 98.6 Å². The molecular formula is C35H45NO. The molecule has 0 aliphatic heterocycles. The van der Waals surface area contributed by atoms with E-state index in [1.807, 2.05) is 18.2 Å². The Kier molecular flexibility index (Phi) is 12.7. The number of rotatable bonds is 16. The summed E-state index contributed by atoms with van der Waals surface area (Å²) in [5.41, 5.74) is 6.06. The number of unbranched alkanes of at least 4 members (excludes halogenated alkanes) is 7. The molecule has 0 saturated heterocycles. The van der Waals surface area contributed by atoms with Crippen LogP contribution in [-0.4, -0.2) is 5.91 Å². The van der Waals surface area contributed by atoms with E-state index in [0.29, 0.717) is 6.42 Å². The molecule has 1 atom stereocenters. The second-order valence-electron chi connectivity index (χ2n) is 10.3. The van der Waals surface area contributed by atoms with Crippen molar-refractivity contribution in [3.63, 3.8) is 0 Å². The van der Waals surface area contributed by atoms with Gasteiger partial charge in [-0.2, -0.15) is 0 Å². The summed E-state index contributed by atoms with van der Waals surface area (Å²) in [4.78, 5) is 12.9. The van der Waals surface area contributed by atoms with E-state index >= 15 is 0 Å². The predicted octanol–water partition coefficient (Wildman–Crippen LogP) is 9.18. The number of amides is 1. The Balaban J connectivity index is 1.43. The highest BCUT2D eigenvalue weighted by molar-refractivity contribution is 5.76. The van der Waals surface area contributed by atoms with E-state index in [1.165, 1.54) is 67.2 Å². The highest BCUT2D eigenvalue weighted by atomic mass is 16.1. The van der Waals surface area contributed by atoms with Crippen LogP contribution < -0.4 is 5.32 Å². The fourth-order valence-electron chi connectivity index (χ4n) is 4.66. The number of allylic oxidation sites excluding steroid dienone is 1. The molecule has 2 heteroatoms. The van der Waals surface area contributed by atoms with Crippen molar-refractivity contribution in [3.8, 4) is 0 Å². The van der Waals surface area contributed by atoms with Crippen molar-refractivity contribution in [2.75, 3.05) is 0 Å². The van der Waals surface area contributed by atoms with E-state index in [1.54, 1.807) is 0 Å². The third-order valence-electron chi connectivity index (χ3n) is 7.00. The topological polar surface area (TPSA) is 29.1 Å². The number of nitrogens with one attached hydrogen (secondary N) is 1. The van der Waals surface area contributed by atoms with Gasteiger partial charge in [0.25, 0.3) is 0 Å². The van der Waals surface area contributed by atoms with Crippen molar-refractivity contribution in [2.24, 2.45) is 0 Å². The normalized spacial score (nSPS) is 12.1. The number of carbonyl (C=O) groups excluding carboxylic acids is 1. The maximum absolute atomic E-state index is 12.9. The zero-order chi connectivity index (χ0) is 26.1. The molecule has 196 valence electrons. The maximum Gasteiger partial charge on any atom is 0.220 e. The lowest BCUT2D eigenvalue weighted by Gasteiger charge is -2.20. The van der Waals surface area contributed by atoms with Gasteiger partial charge in [-0.15, -0.1) is 0 Å². The van der Waals surface area contributed by atoms with Gasteiger partial charge in [-0.05, 0) is 54.9 Å². The van der Waals surface area contributed by atoms with E-state index in [9.17, 15) is 4.79 Å². The van der Waals surface area contributed by atoms with Crippen molar-refractivity contribution in [1.29, 1.82) is 0 Å². The zero-order valence-electron chi connectivity index (χ0n) is 22.9. The van der Waals surface area contributed by atoms with Gasteiger partial charge in [0.2, 0.25) is 5.91 Å². The lowest BCUT2D eigenvalue weighted by atomic mass is 9.98. The van der Waals surface area contributed by atoms with E-state index in [2.05, 4.69) is 92.0 Å². The van der Waals surface area contributed by atoms with Gasteiger partial charge in [0.05, 0.1) is 6.04 Å². The summed E-state index contributed by atoms with van der Waals surface area (Å²) in [6.45, 7) is 4.37. The molecule has 0 radical (unpaired) electrons. The van der Waals surface area contributed by atoms with Gasteiger partial charge in [-0.3, -0.25) is 4.79 Å². The molecule has 3 aromatic rings. The van der Waals surface area contributed by atoms with Gasteiger partial charge < -0.3 is 5.32 Å². The average molecular weight is 496 g/mol. The van der Waals surface area contributed by atoms with Crippen LogP contribution >= 0.6 is 0 Å². The molecule has 0 aromatic heterocycles. The third-order valence-corrected chi connectivity index (χ3v) is 7.00. The molecule has 0 fully saturated rings. The standard InChI is InChI=1S/C35H45NO/c1-3-4-5-6-7-8-9-10-12-15-30-22-24-31(25-23-30)26-27-35(37)36-34(33-16-13-11-14-17-33)28-32-20-18-29(2)19-21-32/h11-25,34H,3-10,26-28H2,1-2H3,(H,36,37). The van der Waals surface area contributed by atoms with Gasteiger partial charge in [0.1, 0.15) is 0 Å². The molecule has 0 saturated carbocycles. The van der Waals surface area contributed by atoms with Crippen LogP contribution in [0.25, 0.3) is 6.08 Å². The predicted molar refractivity (Wildman–Crippen MR) is 159 cm³/mol. The monoisotopic (exact) mass is 495 g/mol. The lowest BCUT2D eigenvalue weighted by molar-refractivity contribution is -0.121. The summed E-state index contributed by atoms with van der Waals surface area (Å²) in [5.74, 6) is 0.0969. The summed E-state index contributed by atoms with van der Waals surface area (Å²) in [5, 5.41) is 3.29. The molecule has 3 aromatic carbocycles. The molecule has 0 aliphatic rings. The second-order valence-corrected chi connectivity index (χ2v) is 10.3. The highest BCUT2D eigenvalue weighted by Gasteiger charge is 2.15. The van der Waals surface area contributed by atoms with Crippen molar-refractivity contribution in [2.45, 2.75) is 90.5 Å². The molecule has 0 spiro atoms. The van der Waals surface area contributed by atoms with Crippen LogP contribution in [0.2, 0.25) is 0 Å². The molecule has 0 aliphatic carbocycles. The fourth-order valence-corrected chi connectivity index (χ4v) is 4.66. The quantitative estimate of drug-likeness (QED) is 0.197. The number of aryl methyl sites for hydroxylation is 2. The van der Waals surface area contributed by atoms with Crippen molar-refractivity contribution < 1.29 is 4.79 Å². The van der Waals surface area contributed by atoms with Gasteiger partial charge in [0, 0.05) is 6.42 Å². The summed E-state index contributed by atoms with van der Waals surface area (Å²) in [7, 11) is 0. The first-order valence-electron chi connectivity index (χ1n) is 14.3. The first-order chi connectivity index (χ1) is 18.1. The maximum atomic E-state index is 12.9. The molecule has 3 rings (SSSR count). The molecular weight excluding hydrogens is 450 g/mol. The van der Waals surface area contributed by atoms with Gasteiger partial charge in [0.15, 0.2) is 0 Å². The molecule has 37 heavy (non-hydrogen) atoms.